The van der Waals surface area contributed by atoms with E-state index in [1.807, 2.05) is 39.0 Å². The fourth-order valence-corrected chi connectivity index (χ4v) is 2.28. The summed E-state index contributed by atoms with van der Waals surface area (Å²) >= 11 is 0. The molecule has 2 aromatic rings. The normalized spacial score (nSPS) is 10.5. The molecular weight excluding hydrogens is 306 g/mol. The van der Waals surface area contributed by atoms with Gasteiger partial charge in [-0.1, -0.05) is 63.2 Å². The van der Waals surface area contributed by atoms with Gasteiger partial charge in [0.2, 0.25) is 0 Å². The minimum Gasteiger partial charge on any atom is -0.497 e. The zero-order chi connectivity index (χ0) is 18.3. The Bertz CT molecular complexity index is 639. The monoisotopic (exact) mass is 330 g/mol. The Morgan fingerprint density at radius 1 is 0.750 bits per heavy atom. The second kappa shape index (κ2) is 8.89. The van der Waals surface area contributed by atoms with E-state index in [0.29, 0.717) is 16.7 Å². The molecule has 0 fully saturated rings. The Morgan fingerprint density at radius 3 is 1.58 bits per heavy atom. The summed E-state index contributed by atoms with van der Waals surface area (Å²) in [4.78, 5) is 0. The number of rotatable bonds is 3. The van der Waals surface area contributed by atoms with Crippen LogP contribution in [0, 0.1) is 0 Å². The molecule has 0 saturated heterocycles. The van der Waals surface area contributed by atoms with Crippen LogP contribution in [0.5, 0.6) is 5.75 Å². The van der Waals surface area contributed by atoms with E-state index < -0.39 is 14.2 Å². The van der Waals surface area contributed by atoms with E-state index in [1.54, 1.807) is 30.3 Å². The Labute approximate surface area is 143 Å². The van der Waals surface area contributed by atoms with Gasteiger partial charge in [0.05, 0.1) is 7.11 Å². The van der Waals surface area contributed by atoms with Gasteiger partial charge in [-0.25, -0.2) is 0 Å². The molecule has 0 aliphatic rings. The van der Waals surface area contributed by atoms with Crippen LogP contribution in [0.15, 0.2) is 48.5 Å². The van der Waals surface area contributed by atoms with Gasteiger partial charge in [-0.15, -0.1) is 0 Å². The van der Waals surface area contributed by atoms with Gasteiger partial charge in [-0.3, -0.25) is 0 Å². The van der Waals surface area contributed by atoms with E-state index >= 15 is 0 Å². The third-order valence-electron chi connectivity index (χ3n) is 3.46. The molecule has 7 heteroatoms. The lowest BCUT2D eigenvalue weighted by Crippen LogP contribution is -2.36. The second-order valence-corrected chi connectivity index (χ2v) is 6.33. The maximum Gasteiger partial charge on any atom is 0.492 e. The van der Waals surface area contributed by atoms with Crippen LogP contribution in [-0.4, -0.2) is 41.4 Å². The summed E-state index contributed by atoms with van der Waals surface area (Å²) in [6.07, 6.45) is 0. The Hall–Kier alpha value is -1.79. The zero-order valence-electron chi connectivity index (χ0n) is 14.5. The lowest BCUT2D eigenvalue weighted by atomic mass is 9.70. The van der Waals surface area contributed by atoms with Gasteiger partial charge in [0.1, 0.15) is 5.75 Å². The van der Waals surface area contributed by atoms with Gasteiger partial charge < -0.3 is 24.8 Å². The predicted octanol–water partition coefficient (Wildman–Crippen LogP) is 0.0389. The number of ether oxygens (including phenoxy) is 1. The Morgan fingerprint density at radius 2 is 1.21 bits per heavy atom. The molecule has 24 heavy (non-hydrogen) atoms. The van der Waals surface area contributed by atoms with Crippen molar-refractivity contribution in [3.05, 3.63) is 54.1 Å². The van der Waals surface area contributed by atoms with E-state index in [0.717, 1.165) is 5.56 Å². The molecule has 5 nitrogen and oxygen atoms in total. The Kier molecular flexibility index (Phi) is 7.51. The Balaban J connectivity index is 0.000000243. The SMILES string of the molecule is CC(C)(C)c1ccccc1B(O)O.COc1ccccc1B(O)O. The van der Waals surface area contributed by atoms with E-state index in [-0.39, 0.29) is 5.41 Å². The van der Waals surface area contributed by atoms with Crippen molar-refractivity contribution in [2.45, 2.75) is 26.2 Å². The molecule has 0 radical (unpaired) electrons. The van der Waals surface area contributed by atoms with Crippen LogP contribution in [-0.2, 0) is 5.41 Å². The van der Waals surface area contributed by atoms with Gasteiger partial charge in [0, 0.05) is 5.46 Å². The van der Waals surface area contributed by atoms with Crippen molar-refractivity contribution in [1.29, 1.82) is 0 Å². The van der Waals surface area contributed by atoms with Crippen molar-refractivity contribution >= 4 is 25.2 Å². The van der Waals surface area contributed by atoms with Crippen LogP contribution >= 0.6 is 0 Å². The number of hydrogen-bond donors (Lipinski definition) is 4. The summed E-state index contributed by atoms with van der Waals surface area (Å²) in [6, 6.07) is 14.1. The molecule has 0 bridgehead atoms. The van der Waals surface area contributed by atoms with Gasteiger partial charge in [0.15, 0.2) is 0 Å². The van der Waals surface area contributed by atoms with Crippen LogP contribution < -0.4 is 15.7 Å². The van der Waals surface area contributed by atoms with Crippen LogP contribution in [0.1, 0.15) is 26.3 Å². The molecule has 4 N–H and O–H groups in total. The minimum atomic E-state index is -1.47. The molecule has 2 rings (SSSR count). The summed E-state index contributed by atoms with van der Waals surface area (Å²) in [5.74, 6) is 0.488. The number of hydrogen-bond acceptors (Lipinski definition) is 5. The van der Waals surface area contributed by atoms with Crippen LogP contribution in [0.2, 0.25) is 0 Å². The first-order valence-corrected chi connectivity index (χ1v) is 7.63. The summed E-state index contributed by atoms with van der Waals surface area (Å²) in [5, 5.41) is 35.9. The van der Waals surface area contributed by atoms with E-state index in [9.17, 15) is 0 Å². The van der Waals surface area contributed by atoms with E-state index in [1.165, 1.54) is 7.11 Å². The maximum atomic E-state index is 9.12. The van der Waals surface area contributed by atoms with E-state index in [2.05, 4.69) is 0 Å². The molecule has 0 heterocycles. The van der Waals surface area contributed by atoms with E-state index in [4.69, 9.17) is 24.8 Å². The highest BCUT2D eigenvalue weighted by atomic mass is 16.5. The van der Waals surface area contributed by atoms with Crippen LogP contribution in [0.4, 0.5) is 0 Å². The number of benzene rings is 2. The molecule has 0 spiro atoms. The predicted molar refractivity (Wildman–Crippen MR) is 97.8 cm³/mol. The summed E-state index contributed by atoms with van der Waals surface area (Å²) in [6.45, 7) is 6.15. The molecule has 0 aliphatic carbocycles. The fourth-order valence-electron chi connectivity index (χ4n) is 2.28. The van der Waals surface area contributed by atoms with Crippen molar-refractivity contribution < 1.29 is 24.8 Å². The fraction of sp³-hybridized carbons (Fsp3) is 0.294. The summed E-state index contributed by atoms with van der Waals surface area (Å²) < 4.78 is 4.89. The van der Waals surface area contributed by atoms with Gasteiger partial charge >= 0.3 is 14.2 Å². The van der Waals surface area contributed by atoms with Crippen molar-refractivity contribution in [2.75, 3.05) is 7.11 Å². The first-order valence-electron chi connectivity index (χ1n) is 7.63. The van der Waals surface area contributed by atoms with Crippen molar-refractivity contribution in [1.82, 2.24) is 0 Å². The number of methoxy groups -OCH3 is 1. The first kappa shape index (κ1) is 20.3. The van der Waals surface area contributed by atoms with Gasteiger partial charge in [-0.2, -0.15) is 0 Å². The molecule has 0 aliphatic heterocycles. The van der Waals surface area contributed by atoms with Crippen LogP contribution in [0.3, 0.4) is 0 Å². The molecule has 0 aromatic heterocycles. The molecule has 128 valence electrons. The number of para-hydroxylation sites is 1. The topological polar surface area (TPSA) is 90.2 Å². The van der Waals surface area contributed by atoms with Crippen LogP contribution in [0.25, 0.3) is 0 Å². The average Bonchev–Trinajstić information content (AvgIpc) is 2.54. The van der Waals surface area contributed by atoms with Crippen molar-refractivity contribution in [2.24, 2.45) is 0 Å². The minimum absolute atomic E-state index is 0.0553. The standard InChI is InChI=1S/C10H15BO2.C7H9BO3/c1-10(2,3)8-6-4-5-7-9(8)11(12)13;1-11-7-5-3-2-4-6(7)8(9)10/h4-7,12-13H,1-3H3;2-5,9-10H,1H3. The lowest BCUT2D eigenvalue weighted by molar-refractivity contribution is 0.403. The molecule has 0 unspecified atom stereocenters. The summed E-state index contributed by atoms with van der Waals surface area (Å²) in [7, 11) is -1.36. The largest absolute Gasteiger partial charge is 0.497 e. The quantitative estimate of drug-likeness (QED) is 0.597. The molecule has 2 aromatic carbocycles. The summed E-state index contributed by atoms with van der Waals surface area (Å²) in [5.41, 5.74) is 1.90. The highest BCUT2D eigenvalue weighted by Crippen LogP contribution is 2.19. The highest BCUT2D eigenvalue weighted by molar-refractivity contribution is 6.59. The third-order valence-corrected chi connectivity index (χ3v) is 3.46. The average molecular weight is 330 g/mol. The maximum absolute atomic E-state index is 9.12. The molecular formula is C17H24B2O5. The van der Waals surface area contributed by atoms with Crippen molar-refractivity contribution in [3.63, 3.8) is 0 Å². The second-order valence-electron chi connectivity index (χ2n) is 6.33. The first-order chi connectivity index (χ1) is 11.2. The van der Waals surface area contributed by atoms with Crippen molar-refractivity contribution in [3.8, 4) is 5.75 Å². The van der Waals surface area contributed by atoms with Gasteiger partial charge in [-0.05, 0) is 22.5 Å². The highest BCUT2D eigenvalue weighted by Gasteiger charge is 2.23. The molecule has 0 amide bonds. The molecule has 0 saturated carbocycles. The zero-order valence-corrected chi connectivity index (χ0v) is 14.5. The van der Waals surface area contributed by atoms with Gasteiger partial charge in [0.25, 0.3) is 0 Å². The smallest absolute Gasteiger partial charge is 0.492 e. The third kappa shape index (κ3) is 5.69. The molecule has 0 atom stereocenters. The lowest BCUT2D eigenvalue weighted by Gasteiger charge is -2.22.